The largest absolute Gasteiger partial charge is 0.355 e. The van der Waals surface area contributed by atoms with Crippen molar-refractivity contribution in [3.8, 4) is 0 Å². The molecule has 7 heteroatoms. The van der Waals surface area contributed by atoms with E-state index in [4.69, 9.17) is 0 Å². The molecule has 3 rings (SSSR count). The normalized spacial score (nSPS) is 10.8. The van der Waals surface area contributed by atoms with E-state index in [0.29, 0.717) is 16.8 Å². The first-order valence-corrected chi connectivity index (χ1v) is 9.48. The molecule has 0 aliphatic carbocycles. The first kappa shape index (κ1) is 16.7. The van der Waals surface area contributed by atoms with Gasteiger partial charge >= 0.3 is 0 Å². The maximum atomic E-state index is 12.2. The van der Waals surface area contributed by atoms with Gasteiger partial charge in [-0.3, -0.25) is 14.2 Å². The summed E-state index contributed by atoms with van der Waals surface area (Å²) in [7, 11) is 0. The number of hydrogen-bond acceptors (Lipinski definition) is 5. The van der Waals surface area contributed by atoms with Crippen molar-refractivity contribution in [2.45, 2.75) is 17.9 Å². The highest BCUT2D eigenvalue weighted by Gasteiger charge is 2.08. The summed E-state index contributed by atoms with van der Waals surface area (Å²) in [5, 5.41) is 5.24. The van der Waals surface area contributed by atoms with Gasteiger partial charge in [0.25, 0.3) is 5.56 Å². The zero-order valence-electron chi connectivity index (χ0n) is 13.0. The number of aromatic nitrogens is 2. The summed E-state index contributed by atoms with van der Waals surface area (Å²) in [6.07, 6.45) is 2.31. The van der Waals surface area contributed by atoms with E-state index >= 15 is 0 Å². The Morgan fingerprint density at radius 3 is 2.92 bits per heavy atom. The molecule has 1 N–H and O–H groups in total. The van der Waals surface area contributed by atoms with Crippen LogP contribution in [0.25, 0.3) is 10.2 Å². The molecular weight excluding hydrogens is 342 g/mol. The van der Waals surface area contributed by atoms with Gasteiger partial charge in [0.1, 0.15) is 11.4 Å². The van der Waals surface area contributed by atoms with Gasteiger partial charge in [0.15, 0.2) is 0 Å². The zero-order chi connectivity index (χ0) is 16.8. The summed E-state index contributed by atoms with van der Waals surface area (Å²) >= 11 is 3.18. The topological polar surface area (TPSA) is 64.0 Å². The maximum absolute atomic E-state index is 12.2. The van der Waals surface area contributed by atoms with Gasteiger partial charge in [-0.05, 0) is 35.8 Å². The third-order valence-corrected chi connectivity index (χ3v) is 5.34. The Bertz CT molecular complexity index is 874. The SMILES string of the molecule is O=C(Cn1cnc2sccc2c1=O)NCCCSc1ccccc1. The lowest BCUT2D eigenvalue weighted by Gasteiger charge is -2.07. The van der Waals surface area contributed by atoms with Gasteiger partial charge in [0.05, 0.1) is 11.7 Å². The van der Waals surface area contributed by atoms with Crippen molar-refractivity contribution in [2.75, 3.05) is 12.3 Å². The average Bonchev–Trinajstić information content (AvgIpc) is 3.07. The van der Waals surface area contributed by atoms with Crippen molar-refractivity contribution in [1.29, 1.82) is 0 Å². The van der Waals surface area contributed by atoms with Gasteiger partial charge in [-0.2, -0.15) is 0 Å². The second kappa shape index (κ2) is 8.12. The van der Waals surface area contributed by atoms with E-state index in [1.54, 1.807) is 17.8 Å². The average molecular weight is 359 g/mol. The Labute approximate surface area is 147 Å². The molecule has 0 saturated heterocycles. The number of hydrogen-bond donors (Lipinski definition) is 1. The lowest BCUT2D eigenvalue weighted by atomic mass is 10.4. The monoisotopic (exact) mass is 359 g/mol. The van der Waals surface area contributed by atoms with Crippen LogP contribution in [0.15, 0.2) is 57.8 Å². The third-order valence-electron chi connectivity index (χ3n) is 3.42. The van der Waals surface area contributed by atoms with Crippen LogP contribution in [-0.2, 0) is 11.3 Å². The second-order valence-corrected chi connectivity index (χ2v) is 7.24. The van der Waals surface area contributed by atoms with Crippen molar-refractivity contribution in [3.05, 3.63) is 58.5 Å². The molecule has 2 aromatic heterocycles. The van der Waals surface area contributed by atoms with Crippen LogP contribution < -0.4 is 10.9 Å². The predicted molar refractivity (Wildman–Crippen MR) is 98.7 cm³/mol. The second-order valence-electron chi connectivity index (χ2n) is 5.18. The Morgan fingerprint density at radius 1 is 1.25 bits per heavy atom. The maximum Gasteiger partial charge on any atom is 0.262 e. The predicted octanol–water partition coefficient (Wildman–Crippen LogP) is 2.76. The van der Waals surface area contributed by atoms with E-state index < -0.39 is 0 Å². The van der Waals surface area contributed by atoms with Crippen LogP contribution in [0.2, 0.25) is 0 Å². The van der Waals surface area contributed by atoms with Gasteiger partial charge in [-0.1, -0.05) is 18.2 Å². The highest BCUT2D eigenvalue weighted by atomic mass is 32.2. The van der Waals surface area contributed by atoms with E-state index in [1.165, 1.54) is 27.1 Å². The first-order valence-electron chi connectivity index (χ1n) is 7.61. The smallest absolute Gasteiger partial charge is 0.262 e. The molecule has 0 bridgehead atoms. The fraction of sp³-hybridized carbons (Fsp3) is 0.235. The highest BCUT2D eigenvalue weighted by Crippen LogP contribution is 2.17. The molecule has 0 aliphatic heterocycles. The quantitative estimate of drug-likeness (QED) is 0.520. The summed E-state index contributed by atoms with van der Waals surface area (Å²) in [4.78, 5) is 30.3. The van der Waals surface area contributed by atoms with Crippen LogP contribution in [0.1, 0.15) is 6.42 Å². The van der Waals surface area contributed by atoms with E-state index in [1.807, 2.05) is 23.6 Å². The molecule has 5 nitrogen and oxygen atoms in total. The van der Waals surface area contributed by atoms with Crippen LogP contribution in [0.3, 0.4) is 0 Å². The molecule has 3 aromatic rings. The summed E-state index contributed by atoms with van der Waals surface area (Å²) in [6.45, 7) is 0.602. The molecule has 0 radical (unpaired) electrons. The molecule has 2 heterocycles. The zero-order valence-corrected chi connectivity index (χ0v) is 14.6. The van der Waals surface area contributed by atoms with Gasteiger partial charge in [-0.25, -0.2) is 4.98 Å². The fourth-order valence-corrected chi connectivity index (χ4v) is 3.82. The van der Waals surface area contributed by atoms with Crippen molar-refractivity contribution >= 4 is 39.2 Å². The Morgan fingerprint density at radius 2 is 2.08 bits per heavy atom. The van der Waals surface area contributed by atoms with Crippen LogP contribution >= 0.6 is 23.1 Å². The van der Waals surface area contributed by atoms with Gasteiger partial charge < -0.3 is 5.32 Å². The number of amides is 1. The van der Waals surface area contributed by atoms with Gasteiger partial charge in [0, 0.05) is 11.4 Å². The van der Waals surface area contributed by atoms with Crippen LogP contribution in [0.4, 0.5) is 0 Å². The van der Waals surface area contributed by atoms with Crippen molar-refractivity contribution in [1.82, 2.24) is 14.9 Å². The lowest BCUT2D eigenvalue weighted by molar-refractivity contribution is -0.121. The fourth-order valence-electron chi connectivity index (χ4n) is 2.22. The van der Waals surface area contributed by atoms with E-state index in [-0.39, 0.29) is 18.0 Å². The summed E-state index contributed by atoms with van der Waals surface area (Å²) in [5.74, 6) is 0.769. The molecule has 0 saturated carbocycles. The lowest BCUT2D eigenvalue weighted by Crippen LogP contribution is -2.33. The number of rotatable bonds is 7. The molecule has 0 fully saturated rings. The molecular formula is C17H17N3O2S2. The Balaban J connectivity index is 1.44. The van der Waals surface area contributed by atoms with Crippen LogP contribution in [0.5, 0.6) is 0 Å². The third kappa shape index (κ3) is 4.24. The standard InChI is InChI=1S/C17H17N3O2S2/c21-15(18-8-4-9-23-13-5-2-1-3-6-13)11-20-12-19-16-14(17(20)22)7-10-24-16/h1-3,5-7,10,12H,4,8-9,11H2,(H,18,21). The molecule has 1 aromatic carbocycles. The highest BCUT2D eigenvalue weighted by molar-refractivity contribution is 7.99. The summed E-state index contributed by atoms with van der Waals surface area (Å²) in [6, 6.07) is 11.9. The Kier molecular flexibility index (Phi) is 5.66. The number of carbonyl (C=O) groups is 1. The van der Waals surface area contributed by atoms with Gasteiger partial charge in [-0.15, -0.1) is 23.1 Å². The number of nitrogens with one attached hydrogen (secondary N) is 1. The summed E-state index contributed by atoms with van der Waals surface area (Å²) in [5.41, 5.74) is -0.170. The van der Waals surface area contributed by atoms with E-state index in [2.05, 4.69) is 22.4 Å². The Hall–Kier alpha value is -2.12. The minimum Gasteiger partial charge on any atom is -0.355 e. The number of fused-ring (bicyclic) bond motifs is 1. The number of nitrogens with zero attached hydrogens (tertiary/aromatic N) is 2. The molecule has 1 amide bonds. The number of benzene rings is 1. The van der Waals surface area contributed by atoms with E-state index in [0.717, 1.165) is 12.2 Å². The summed E-state index contributed by atoms with van der Waals surface area (Å²) < 4.78 is 1.35. The molecule has 0 aliphatic rings. The molecule has 0 atom stereocenters. The minimum absolute atomic E-state index is 0.00342. The molecule has 0 spiro atoms. The van der Waals surface area contributed by atoms with E-state index in [9.17, 15) is 9.59 Å². The van der Waals surface area contributed by atoms with Crippen LogP contribution in [-0.4, -0.2) is 27.8 Å². The van der Waals surface area contributed by atoms with Gasteiger partial charge in [0.2, 0.25) is 5.91 Å². The van der Waals surface area contributed by atoms with Crippen LogP contribution in [0, 0.1) is 0 Å². The first-order chi connectivity index (χ1) is 11.7. The van der Waals surface area contributed by atoms with Crippen molar-refractivity contribution < 1.29 is 4.79 Å². The molecule has 24 heavy (non-hydrogen) atoms. The number of thioether (sulfide) groups is 1. The number of thiophene rings is 1. The molecule has 0 unspecified atom stereocenters. The van der Waals surface area contributed by atoms with Crippen molar-refractivity contribution in [3.63, 3.8) is 0 Å². The molecule has 124 valence electrons. The van der Waals surface area contributed by atoms with Crippen molar-refractivity contribution in [2.24, 2.45) is 0 Å². The number of carbonyl (C=O) groups excluding carboxylic acids is 1. The minimum atomic E-state index is -0.170.